The number of amides is 1. The van der Waals surface area contributed by atoms with Gasteiger partial charge in [0.05, 0.1) is 6.54 Å². The lowest BCUT2D eigenvalue weighted by Gasteiger charge is -1.98. The van der Waals surface area contributed by atoms with E-state index in [2.05, 4.69) is 31.4 Å². The predicted molar refractivity (Wildman–Crippen MR) is 77.3 cm³/mol. The van der Waals surface area contributed by atoms with Crippen LogP contribution in [0.3, 0.4) is 0 Å². The summed E-state index contributed by atoms with van der Waals surface area (Å²) in [7, 11) is 0. The zero-order valence-corrected chi connectivity index (χ0v) is 12.3. The minimum Gasteiger partial charge on any atom is -0.452 e. The Morgan fingerprint density at radius 2 is 2.00 bits per heavy atom. The van der Waals surface area contributed by atoms with Crippen molar-refractivity contribution in [1.29, 1.82) is 0 Å². The van der Waals surface area contributed by atoms with Crippen LogP contribution in [0.2, 0.25) is 0 Å². The highest BCUT2D eigenvalue weighted by Crippen LogP contribution is 2.15. The second-order valence-electron chi connectivity index (χ2n) is 4.18. The third kappa shape index (κ3) is 3.19. The number of carbonyl (C=O) groups excluding carboxylic acids is 1. The van der Waals surface area contributed by atoms with Crippen molar-refractivity contribution in [3.63, 3.8) is 0 Å². The summed E-state index contributed by atoms with van der Waals surface area (Å²) in [4.78, 5) is 16.0. The van der Waals surface area contributed by atoms with Gasteiger partial charge in [0.2, 0.25) is 5.82 Å². The monoisotopic (exact) mass is 347 g/mol. The van der Waals surface area contributed by atoms with Gasteiger partial charge in [0.15, 0.2) is 4.67 Å². The maximum atomic E-state index is 11.9. The number of halogens is 1. The lowest BCUT2D eigenvalue weighted by Crippen LogP contribution is -2.22. The largest absolute Gasteiger partial charge is 0.452 e. The van der Waals surface area contributed by atoms with Crippen LogP contribution in [0.15, 0.2) is 56.1 Å². The van der Waals surface area contributed by atoms with Gasteiger partial charge in [0.1, 0.15) is 5.76 Å². The van der Waals surface area contributed by atoms with E-state index >= 15 is 0 Å². The molecule has 0 aliphatic carbocycles. The van der Waals surface area contributed by atoms with Crippen molar-refractivity contribution in [1.82, 2.24) is 15.5 Å². The highest BCUT2D eigenvalue weighted by atomic mass is 79.9. The molecule has 0 aliphatic heterocycles. The van der Waals surface area contributed by atoms with Crippen molar-refractivity contribution in [2.45, 2.75) is 6.54 Å². The van der Waals surface area contributed by atoms with Gasteiger partial charge >= 0.3 is 11.8 Å². The molecule has 0 atom stereocenters. The number of benzene rings is 1. The van der Waals surface area contributed by atoms with E-state index < -0.39 is 5.91 Å². The molecule has 0 saturated heterocycles. The Labute approximate surface area is 128 Å². The Morgan fingerprint density at radius 1 is 1.19 bits per heavy atom. The van der Waals surface area contributed by atoms with Crippen molar-refractivity contribution in [3.8, 4) is 11.4 Å². The first-order valence-corrected chi connectivity index (χ1v) is 6.93. The molecule has 1 aromatic carbocycles. The summed E-state index contributed by atoms with van der Waals surface area (Å²) >= 11 is 3.19. The number of nitrogens with zero attached hydrogens (tertiary/aromatic N) is 2. The van der Waals surface area contributed by atoms with Crippen molar-refractivity contribution < 1.29 is 13.7 Å². The minimum absolute atomic E-state index is 0.0838. The standard InChI is InChI=1S/C14H10BrN3O3/c15-11-7-6-10(20-11)8-16-13(19)14-17-12(18-21-14)9-4-2-1-3-5-9/h1-7H,8H2,(H,16,19). The average molecular weight is 348 g/mol. The molecule has 6 nitrogen and oxygen atoms in total. The zero-order chi connectivity index (χ0) is 14.7. The summed E-state index contributed by atoms with van der Waals surface area (Å²) in [6, 6.07) is 12.8. The molecule has 0 unspecified atom stereocenters. The SMILES string of the molecule is O=C(NCc1ccc(Br)o1)c1nc(-c2ccccc2)no1. The summed E-state index contributed by atoms with van der Waals surface area (Å²) in [5.41, 5.74) is 0.787. The fourth-order valence-corrected chi connectivity index (χ4v) is 2.05. The lowest BCUT2D eigenvalue weighted by molar-refractivity contribution is 0.0904. The molecule has 0 aliphatic rings. The third-order valence-electron chi connectivity index (χ3n) is 2.70. The number of carbonyl (C=O) groups is 1. The molecule has 7 heteroatoms. The molecule has 3 aromatic rings. The van der Waals surface area contributed by atoms with Crippen LogP contribution >= 0.6 is 15.9 Å². The number of hydrogen-bond acceptors (Lipinski definition) is 5. The van der Waals surface area contributed by atoms with Gasteiger partial charge < -0.3 is 14.3 Å². The van der Waals surface area contributed by atoms with Gasteiger partial charge in [-0.2, -0.15) is 4.98 Å². The number of hydrogen-bond donors (Lipinski definition) is 1. The second-order valence-corrected chi connectivity index (χ2v) is 4.96. The third-order valence-corrected chi connectivity index (χ3v) is 3.13. The molecule has 0 bridgehead atoms. The van der Waals surface area contributed by atoms with E-state index in [1.165, 1.54) is 0 Å². The molecular formula is C14H10BrN3O3. The highest BCUT2D eigenvalue weighted by Gasteiger charge is 2.16. The molecule has 0 spiro atoms. The maximum absolute atomic E-state index is 11.9. The number of aromatic nitrogens is 2. The molecule has 0 radical (unpaired) electrons. The molecule has 1 N–H and O–H groups in total. The topological polar surface area (TPSA) is 81.2 Å². The van der Waals surface area contributed by atoms with Gasteiger partial charge in [0.25, 0.3) is 0 Å². The van der Waals surface area contributed by atoms with Crippen LogP contribution in [-0.2, 0) is 6.54 Å². The second kappa shape index (κ2) is 5.92. The normalized spacial score (nSPS) is 10.5. The molecule has 106 valence electrons. The average Bonchev–Trinajstić information content (AvgIpc) is 3.15. The van der Waals surface area contributed by atoms with Gasteiger partial charge in [0, 0.05) is 5.56 Å². The zero-order valence-electron chi connectivity index (χ0n) is 10.7. The molecule has 0 saturated carbocycles. The van der Waals surface area contributed by atoms with E-state index in [4.69, 9.17) is 8.94 Å². The van der Waals surface area contributed by atoms with Gasteiger partial charge in [-0.3, -0.25) is 4.79 Å². The molecule has 2 aromatic heterocycles. The van der Waals surface area contributed by atoms with E-state index in [1.807, 2.05) is 30.3 Å². The highest BCUT2D eigenvalue weighted by molar-refractivity contribution is 9.10. The Bertz CT molecular complexity index is 752. The van der Waals surface area contributed by atoms with Crippen LogP contribution in [0.25, 0.3) is 11.4 Å². The van der Waals surface area contributed by atoms with E-state index in [1.54, 1.807) is 12.1 Å². The lowest BCUT2D eigenvalue weighted by atomic mass is 10.2. The summed E-state index contributed by atoms with van der Waals surface area (Å²) in [6.45, 7) is 0.244. The summed E-state index contributed by atoms with van der Waals surface area (Å²) < 4.78 is 10.8. The van der Waals surface area contributed by atoms with E-state index in [-0.39, 0.29) is 12.4 Å². The number of nitrogens with one attached hydrogen (secondary N) is 1. The fraction of sp³-hybridized carbons (Fsp3) is 0.0714. The van der Waals surface area contributed by atoms with Gasteiger partial charge in [-0.25, -0.2) is 0 Å². The van der Waals surface area contributed by atoms with Gasteiger partial charge in [-0.15, -0.1) is 0 Å². The van der Waals surface area contributed by atoms with Gasteiger partial charge in [-0.1, -0.05) is 35.5 Å². The molecule has 3 rings (SSSR count). The number of furan rings is 1. The molecule has 1 amide bonds. The minimum atomic E-state index is -0.447. The summed E-state index contributed by atoms with van der Waals surface area (Å²) in [5.74, 6) is 0.469. The van der Waals surface area contributed by atoms with Crippen molar-refractivity contribution in [2.75, 3.05) is 0 Å². The Hall–Kier alpha value is -2.41. The smallest absolute Gasteiger partial charge is 0.316 e. The molecule has 2 heterocycles. The quantitative estimate of drug-likeness (QED) is 0.784. The van der Waals surface area contributed by atoms with Crippen molar-refractivity contribution in [3.05, 3.63) is 58.8 Å². The van der Waals surface area contributed by atoms with Gasteiger partial charge in [-0.05, 0) is 28.1 Å². The van der Waals surface area contributed by atoms with Crippen LogP contribution in [0.4, 0.5) is 0 Å². The van der Waals surface area contributed by atoms with Crippen LogP contribution in [-0.4, -0.2) is 16.0 Å². The first-order valence-electron chi connectivity index (χ1n) is 6.14. The Kier molecular flexibility index (Phi) is 3.83. The fourth-order valence-electron chi connectivity index (χ4n) is 1.71. The van der Waals surface area contributed by atoms with E-state index in [9.17, 15) is 4.79 Å². The van der Waals surface area contributed by atoms with Crippen molar-refractivity contribution in [2.24, 2.45) is 0 Å². The molecular weight excluding hydrogens is 338 g/mol. The van der Waals surface area contributed by atoms with E-state index in [0.717, 1.165) is 5.56 Å². The first-order chi connectivity index (χ1) is 10.2. The maximum Gasteiger partial charge on any atom is 0.316 e. The van der Waals surface area contributed by atoms with Crippen LogP contribution in [0, 0.1) is 0 Å². The Morgan fingerprint density at radius 3 is 2.71 bits per heavy atom. The van der Waals surface area contributed by atoms with Crippen LogP contribution in [0.1, 0.15) is 16.4 Å². The summed E-state index contributed by atoms with van der Waals surface area (Å²) in [5, 5.41) is 6.43. The first kappa shape index (κ1) is 13.6. The van der Waals surface area contributed by atoms with Crippen molar-refractivity contribution >= 4 is 21.8 Å². The number of rotatable bonds is 4. The molecule has 0 fully saturated rings. The summed E-state index contributed by atoms with van der Waals surface area (Å²) in [6.07, 6.45) is 0. The predicted octanol–water partition coefficient (Wildman–Crippen LogP) is 3.02. The van der Waals surface area contributed by atoms with E-state index in [0.29, 0.717) is 16.3 Å². The van der Waals surface area contributed by atoms with Crippen LogP contribution in [0.5, 0.6) is 0 Å². The molecule has 21 heavy (non-hydrogen) atoms. The van der Waals surface area contributed by atoms with Crippen LogP contribution < -0.4 is 5.32 Å². The Balaban J connectivity index is 1.67.